The van der Waals surface area contributed by atoms with Crippen LogP contribution in [0.2, 0.25) is 0 Å². The molecule has 1 fully saturated rings. The Labute approximate surface area is 149 Å². The highest BCUT2D eigenvalue weighted by atomic mass is 32.2. The zero-order valence-corrected chi connectivity index (χ0v) is 15.1. The molecule has 0 aromatic carbocycles. The van der Waals surface area contributed by atoms with Crippen LogP contribution in [0.15, 0.2) is 23.2 Å². The van der Waals surface area contributed by atoms with Crippen LogP contribution >= 0.6 is 11.8 Å². The molecule has 2 aromatic rings. The molecule has 0 unspecified atom stereocenters. The van der Waals surface area contributed by atoms with Crippen molar-refractivity contribution in [1.29, 1.82) is 0 Å². The van der Waals surface area contributed by atoms with Gasteiger partial charge in [0.2, 0.25) is 5.91 Å². The van der Waals surface area contributed by atoms with Crippen LogP contribution in [-0.4, -0.2) is 43.2 Å². The van der Waals surface area contributed by atoms with Crippen molar-refractivity contribution in [2.24, 2.45) is 0 Å². The van der Waals surface area contributed by atoms with Crippen LogP contribution in [0.25, 0.3) is 5.82 Å². The normalized spacial score (nSPS) is 14.8. The van der Waals surface area contributed by atoms with Gasteiger partial charge in [0.05, 0.1) is 10.9 Å². The Hall–Kier alpha value is -2.42. The first-order valence-electron chi connectivity index (χ1n) is 8.08. The topological polar surface area (TPSA) is 102 Å². The van der Waals surface area contributed by atoms with E-state index in [1.807, 2.05) is 19.9 Å². The molecule has 2 aromatic heterocycles. The summed E-state index contributed by atoms with van der Waals surface area (Å²) in [6.45, 7) is 5.59. The van der Waals surface area contributed by atoms with Crippen LogP contribution in [0.3, 0.4) is 0 Å². The average Bonchev–Trinajstić information content (AvgIpc) is 3.30. The maximum absolute atomic E-state index is 12.0. The lowest BCUT2D eigenvalue weighted by molar-refractivity contribution is -0.119. The van der Waals surface area contributed by atoms with Crippen molar-refractivity contribution in [2.75, 3.05) is 0 Å². The molecule has 0 saturated heterocycles. The van der Waals surface area contributed by atoms with Gasteiger partial charge in [-0.1, -0.05) is 11.8 Å². The summed E-state index contributed by atoms with van der Waals surface area (Å²) in [7, 11) is 0. The summed E-state index contributed by atoms with van der Waals surface area (Å²) in [6.07, 6.45) is 1.95. The third-order valence-electron chi connectivity index (χ3n) is 3.67. The van der Waals surface area contributed by atoms with Crippen molar-refractivity contribution in [3.05, 3.63) is 29.6 Å². The van der Waals surface area contributed by atoms with E-state index in [1.165, 1.54) is 11.8 Å². The number of imide groups is 1. The Bertz CT molecular complexity index is 784. The van der Waals surface area contributed by atoms with E-state index in [2.05, 4.69) is 25.9 Å². The van der Waals surface area contributed by atoms with E-state index in [9.17, 15) is 9.59 Å². The summed E-state index contributed by atoms with van der Waals surface area (Å²) in [6, 6.07) is 5.33. The Kier molecular flexibility index (Phi) is 5.03. The smallest absolute Gasteiger partial charge is 0.321 e. The summed E-state index contributed by atoms with van der Waals surface area (Å²) < 4.78 is 1.72. The van der Waals surface area contributed by atoms with Crippen LogP contribution in [0, 0.1) is 13.8 Å². The fourth-order valence-corrected chi connectivity index (χ4v) is 3.01. The van der Waals surface area contributed by atoms with Crippen molar-refractivity contribution in [1.82, 2.24) is 30.6 Å². The molecule has 9 heteroatoms. The number of nitrogens with one attached hydrogen (secondary N) is 2. The fraction of sp³-hybridized carbons (Fsp3) is 0.438. The highest BCUT2D eigenvalue weighted by Gasteiger charge is 2.25. The van der Waals surface area contributed by atoms with E-state index in [-0.39, 0.29) is 11.9 Å². The van der Waals surface area contributed by atoms with Gasteiger partial charge in [0.15, 0.2) is 5.82 Å². The molecule has 3 rings (SSSR count). The largest absolute Gasteiger partial charge is 0.335 e. The number of carbonyl (C=O) groups excluding carboxylic acids is 2. The average molecular weight is 360 g/mol. The van der Waals surface area contributed by atoms with Gasteiger partial charge in [-0.3, -0.25) is 10.1 Å². The van der Waals surface area contributed by atoms with Gasteiger partial charge in [-0.15, -0.1) is 10.2 Å². The SMILES string of the molecule is Cc1cc(C)n(-c2ccc(S[C@H](C)C(=O)NC(=O)NC3CC3)nn2)n1. The summed E-state index contributed by atoms with van der Waals surface area (Å²) in [5, 5.41) is 17.9. The molecule has 3 amide bonds. The fourth-order valence-electron chi connectivity index (χ4n) is 2.25. The van der Waals surface area contributed by atoms with Gasteiger partial charge in [-0.2, -0.15) is 5.10 Å². The predicted molar refractivity (Wildman–Crippen MR) is 93.6 cm³/mol. The highest BCUT2D eigenvalue weighted by Crippen LogP contribution is 2.22. The summed E-state index contributed by atoms with van der Waals surface area (Å²) in [5.74, 6) is 0.267. The molecule has 1 aliphatic carbocycles. The Morgan fingerprint density at radius 1 is 1.28 bits per heavy atom. The van der Waals surface area contributed by atoms with Gasteiger partial charge < -0.3 is 5.32 Å². The first-order valence-corrected chi connectivity index (χ1v) is 8.95. The number of carbonyl (C=O) groups is 2. The third-order valence-corrected chi connectivity index (χ3v) is 4.70. The molecule has 0 spiro atoms. The van der Waals surface area contributed by atoms with Gasteiger partial charge in [0.25, 0.3) is 0 Å². The van der Waals surface area contributed by atoms with E-state index in [4.69, 9.17) is 0 Å². The number of aryl methyl sites for hydroxylation is 2. The van der Waals surface area contributed by atoms with E-state index in [1.54, 1.807) is 23.7 Å². The maximum atomic E-state index is 12.0. The molecule has 0 aliphatic heterocycles. The van der Waals surface area contributed by atoms with Crippen LogP contribution < -0.4 is 10.6 Å². The Morgan fingerprint density at radius 3 is 2.60 bits per heavy atom. The van der Waals surface area contributed by atoms with Crippen molar-refractivity contribution in [2.45, 2.75) is 49.9 Å². The molecule has 0 radical (unpaired) electrons. The van der Waals surface area contributed by atoms with Gasteiger partial charge >= 0.3 is 6.03 Å². The summed E-state index contributed by atoms with van der Waals surface area (Å²) >= 11 is 1.25. The van der Waals surface area contributed by atoms with Gasteiger partial charge in [-0.05, 0) is 51.8 Å². The zero-order chi connectivity index (χ0) is 18.0. The lowest BCUT2D eigenvalue weighted by atomic mass is 10.4. The van der Waals surface area contributed by atoms with Gasteiger partial charge in [0, 0.05) is 11.7 Å². The maximum Gasteiger partial charge on any atom is 0.321 e. The van der Waals surface area contributed by atoms with Crippen molar-refractivity contribution in [3.8, 4) is 5.82 Å². The standard InChI is InChI=1S/C16H20N6O2S/c1-9-8-10(2)22(21-9)13-6-7-14(20-19-13)25-11(3)15(23)18-16(24)17-12-4-5-12/h6-8,11-12H,4-5H2,1-3H3,(H2,17,18,23,24)/t11-/m1/s1. The van der Waals surface area contributed by atoms with Crippen LogP contribution in [0.4, 0.5) is 4.79 Å². The predicted octanol–water partition coefficient (Wildman–Crippen LogP) is 1.75. The summed E-state index contributed by atoms with van der Waals surface area (Å²) in [5.41, 5.74) is 1.88. The molecule has 2 N–H and O–H groups in total. The van der Waals surface area contributed by atoms with E-state index >= 15 is 0 Å². The van der Waals surface area contributed by atoms with Crippen LogP contribution in [0.1, 0.15) is 31.2 Å². The molecular weight excluding hydrogens is 340 g/mol. The first kappa shape index (κ1) is 17.4. The molecule has 132 valence electrons. The second-order valence-electron chi connectivity index (χ2n) is 6.07. The van der Waals surface area contributed by atoms with Gasteiger partial charge in [0.1, 0.15) is 5.03 Å². The van der Waals surface area contributed by atoms with Crippen molar-refractivity contribution in [3.63, 3.8) is 0 Å². The number of nitrogens with zero attached hydrogens (tertiary/aromatic N) is 4. The number of hydrogen-bond donors (Lipinski definition) is 2. The quantitative estimate of drug-likeness (QED) is 0.788. The zero-order valence-electron chi connectivity index (χ0n) is 14.3. The Balaban J connectivity index is 1.57. The van der Waals surface area contributed by atoms with Gasteiger partial charge in [-0.25, -0.2) is 9.48 Å². The molecule has 2 heterocycles. The number of thioether (sulfide) groups is 1. The van der Waals surface area contributed by atoms with Crippen molar-refractivity contribution < 1.29 is 9.59 Å². The molecule has 0 bridgehead atoms. The molecule has 8 nitrogen and oxygen atoms in total. The number of amides is 3. The molecule has 1 atom stereocenters. The van der Waals surface area contributed by atoms with E-state index in [0.717, 1.165) is 24.2 Å². The summed E-state index contributed by atoms with van der Waals surface area (Å²) in [4.78, 5) is 23.6. The second-order valence-corrected chi connectivity index (χ2v) is 7.43. The molecule has 25 heavy (non-hydrogen) atoms. The lowest BCUT2D eigenvalue weighted by Gasteiger charge is -2.11. The first-order chi connectivity index (χ1) is 11.9. The minimum absolute atomic E-state index is 0.212. The minimum atomic E-state index is -0.459. The monoisotopic (exact) mass is 360 g/mol. The van der Waals surface area contributed by atoms with E-state index < -0.39 is 11.3 Å². The van der Waals surface area contributed by atoms with E-state index in [0.29, 0.717) is 10.8 Å². The third kappa shape index (κ3) is 4.56. The minimum Gasteiger partial charge on any atom is -0.335 e. The number of hydrogen-bond acceptors (Lipinski definition) is 6. The van der Waals surface area contributed by atoms with Crippen LogP contribution in [-0.2, 0) is 4.79 Å². The lowest BCUT2D eigenvalue weighted by Crippen LogP contribution is -2.43. The number of urea groups is 1. The van der Waals surface area contributed by atoms with Crippen molar-refractivity contribution >= 4 is 23.7 Å². The second kappa shape index (κ2) is 7.22. The number of rotatable bonds is 5. The molecule has 1 saturated carbocycles. The van der Waals surface area contributed by atoms with Crippen LogP contribution in [0.5, 0.6) is 0 Å². The highest BCUT2D eigenvalue weighted by molar-refractivity contribution is 8.00. The Morgan fingerprint density at radius 2 is 2.04 bits per heavy atom. The molecular formula is C16H20N6O2S. The molecule has 1 aliphatic rings. The number of aromatic nitrogens is 4.